The summed E-state index contributed by atoms with van der Waals surface area (Å²) in [5.41, 5.74) is 0.885. The van der Waals surface area contributed by atoms with Crippen molar-refractivity contribution in [1.29, 1.82) is 0 Å². The highest BCUT2D eigenvalue weighted by Crippen LogP contribution is 2.27. The van der Waals surface area contributed by atoms with Crippen LogP contribution in [0.4, 0.5) is 4.79 Å². The van der Waals surface area contributed by atoms with Gasteiger partial charge in [0.1, 0.15) is 5.75 Å². The zero-order chi connectivity index (χ0) is 14.7. The number of ether oxygens (including phenoxy) is 1. The van der Waals surface area contributed by atoms with Gasteiger partial charge in [-0.3, -0.25) is 14.9 Å². The molecule has 4 nitrogen and oxygen atoms in total. The Morgan fingerprint density at radius 3 is 2.52 bits per heavy atom. The van der Waals surface area contributed by atoms with E-state index in [1.165, 1.54) is 25.7 Å². The number of thioether (sulfide) groups is 1. The minimum atomic E-state index is -0.327. The van der Waals surface area contributed by atoms with Crippen molar-refractivity contribution in [1.82, 2.24) is 5.32 Å². The van der Waals surface area contributed by atoms with E-state index in [0.29, 0.717) is 10.8 Å². The van der Waals surface area contributed by atoms with Crippen LogP contribution in [0.5, 0.6) is 5.75 Å². The number of carbonyl (C=O) groups excluding carboxylic acids is 2. The van der Waals surface area contributed by atoms with Crippen LogP contribution in [0.1, 0.15) is 31.2 Å². The van der Waals surface area contributed by atoms with Gasteiger partial charge in [0.05, 0.1) is 11.5 Å². The number of amides is 2. The molecule has 0 spiro atoms. The zero-order valence-corrected chi connectivity index (χ0v) is 12.4. The quantitative estimate of drug-likeness (QED) is 0.864. The number of rotatable bonds is 4. The molecule has 1 aliphatic heterocycles. The van der Waals surface area contributed by atoms with Crippen molar-refractivity contribution in [3.05, 3.63) is 34.7 Å². The molecule has 5 heteroatoms. The number of imide groups is 1. The van der Waals surface area contributed by atoms with Gasteiger partial charge in [0, 0.05) is 0 Å². The van der Waals surface area contributed by atoms with E-state index in [4.69, 9.17) is 4.74 Å². The van der Waals surface area contributed by atoms with Gasteiger partial charge in [-0.15, -0.1) is 0 Å². The van der Waals surface area contributed by atoms with E-state index < -0.39 is 0 Å². The highest BCUT2D eigenvalue weighted by Gasteiger charge is 2.24. The molecule has 21 heavy (non-hydrogen) atoms. The first kappa shape index (κ1) is 14.2. The fraction of sp³-hybridized carbons (Fsp3) is 0.375. The Hall–Kier alpha value is -1.75. The lowest BCUT2D eigenvalue weighted by Gasteiger charge is -2.11. The van der Waals surface area contributed by atoms with Crippen molar-refractivity contribution >= 4 is 29.0 Å². The molecule has 0 atom stereocenters. The summed E-state index contributed by atoms with van der Waals surface area (Å²) in [6.45, 7) is 0.785. The van der Waals surface area contributed by atoms with E-state index in [1.54, 1.807) is 6.08 Å². The van der Waals surface area contributed by atoms with Crippen LogP contribution in [-0.2, 0) is 4.79 Å². The number of carbonyl (C=O) groups is 2. The topological polar surface area (TPSA) is 55.4 Å². The SMILES string of the molecule is O=C1NC(=O)/C(=C\c2ccc(OCC3CCCC3)cc2)S1. The Morgan fingerprint density at radius 2 is 1.90 bits per heavy atom. The average Bonchev–Trinajstić information content (AvgIpc) is 3.08. The van der Waals surface area contributed by atoms with E-state index in [0.717, 1.165) is 29.7 Å². The van der Waals surface area contributed by atoms with Crippen LogP contribution in [0.3, 0.4) is 0 Å². The van der Waals surface area contributed by atoms with Gasteiger partial charge in [-0.1, -0.05) is 25.0 Å². The number of hydrogen-bond acceptors (Lipinski definition) is 4. The first-order chi connectivity index (χ1) is 10.2. The monoisotopic (exact) mass is 303 g/mol. The third kappa shape index (κ3) is 3.67. The van der Waals surface area contributed by atoms with Crippen LogP contribution >= 0.6 is 11.8 Å². The predicted molar refractivity (Wildman–Crippen MR) is 83.0 cm³/mol. The van der Waals surface area contributed by atoms with E-state index in [2.05, 4.69) is 5.32 Å². The molecular weight excluding hydrogens is 286 g/mol. The van der Waals surface area contributed by atoms with Crippen LogP contribution in [-0.4, -0.2) is 17.8 Å². The van der Waals surface area contributed by atoms with Crippen LogP contribution in [0.15, 0.2) is 29.2 Å². The summed E-state index contributed by atoms with van der Waals surface area (Å²) in [7, 11) is 0. The zero-order valence-electron chi connectivity index (χ0n) is 11.6. The van der Waals surface area contributed by atoms with Crippen molar-refractivity contribution in [3.63, 3.8) is 0 Å². The maximum atomic E-state index is 11.5. The predicted octanol–water partition coefficient (Wildman–Crippen LogP) is 3.58. The molecule has 2 amide bonds. The van der Waals surface area contributed by atoms with Crippen LogP contribution < -0.4 is 10.1 Å². The first-order valence-electron chi connectivity index (χ1n) is 7.18. The maximum absolute atomic E-state index is 11.5. The van der Waals surface area contributed by atoms with Gasteiger partial charge in [-0.25, -0.2) is 0 Å². The number of benzene rings is 1. The fourth-order valence-corrected chi connectivity index (χ4v) is 3.31. The van der Waals surface area contributed by atoms with E-state index in [-0.39, 0.29) is 11.1 Å². The van der Waals surface area contributed by atoms with Crippen molar-refractivity contribution in [2.75, 3.05) is 6.61 Å². The molecule has 1 N–H and O–H groups in total. The minimum Gasteiger partial charge on any atom is -0.493 e. The van der Waals surface area contributed by atoms with E-state index >= 15 is 0 Å². The lowest BCUT2D eigenvalue weighted by molar-refractivity contribution is -0.115. The number of nitrogens with one attached hydrogen (secondary N) is 1. The molecule has 1 heterocycles. The molecule has 0 unspecified atom stereocenters. The molecule has 0 aromatic heterocycles. The Balaban J connectivity index is 1.60. The third-order valence-corrected chi connectivity index (χ3v) is 4.59. The largest absolute Gasteiger partial charge is 0.493 e. The molecule has 1 saturated carbocycles. The average molecular weight is 303 g/mol. The first-order valence-corrected chi connectivity index (χ1v) is 8.00. The van der Waals surface area contributed by atoms with Gasteiger partial charge < -0.3 is 4.74 Å². The minimum absolute atomic E-state index is 0.317. The van der Waals surface area contributed by atoms with Crippen LogP contribution in [0.2, 0.25) is 0 Å². The molecule has 110 valence electrons. The Morgan fingerprint density at radius 1 is 1.19 bits per heavy atom. The van der Waals surface area contributed by atoms with Gasteiger partial charge in [-0.05, 0) is 54.3 Å². The van der Waals surface area contributed by atoms with Crippen LogP contribution in [0, 0.1) is 5.92 Å². The second-order valence-electron chi connectivity index (χ2n) is 5.38. The second-order valence-corrected chi connectivity index (χ2v) is 6.40. The maximum Gasteiger partial charge on any atom is 0.290 e. The third-order valence-electron chi connectivity index (χ3n) is 3.78. The summed E-state index contributed by atoms with van der Waals surface area (Å²) in [6.07, 6.45) is 6.89. The van der Waals surface area contributed by atoms with Gasteiger partial charge in [-0.2, -0.15) is 0 Å². The van der Waals surface area contributed by atoms with Crippen molar-refractivity contribution in [2.45, 2.75) is 25.7 Å². The standard InChI is InChI=1S/C16H17NO3S/c18-15-14(21-16(19)17-15)9-11-5-7-13(8-6-11)20-10-12-3-1-2-4-12/h5-9,12H,1-4,10H2,(H,17,18,19)/b14-9+. The Kier molecular flexibility index (Phi) is 4.29. The molecule has 1 aromatic rings. The van der Waals surface area contributed by atoms with Gasteiger partial charge in [0.25, 0.3) is 11.1 Å². The summed E-state index contributed by atoms with van der Waals surface area (Å²) in [4.78, 5) is 23.0. The molecule has 0 bridgehead atoms. The van der Waals surface area contributed by atoms with Crippen LogP contribution in [0.25, 0.3) is 6.08 Å². The summed E-state index contributed by atoms with van der Waals surface area (Å²) in [5, 5.41) is 1.93. The fourth-order valence-electron chi connectivity index (χ4n) is 2.62. The normalized spacial score (nSPS) is 21.0. The molecule has 2 fully saturated rings. The van der Waals surface area contributed by atoms with Crippen molar-refractivity contribution < 1.29 is 14.3 Å². The lowest BCUT2D eigenvalue weighted by Crippen LogP contribution is -2.17. The summed E-state index contributed by atoms with van der Waals surface area (Å²) >= 11 is 0.930. The Labute approximate surface area is 127 Å². The second kappa shape index (κ2) is 6.35. The molecule has 2 aliphatic rings. The van der Waals surface area contributed by atoms with Gasteiger partial charge >= 0.3 is 0 Å². The highest BCUT2D eigenvalue weighted by atomic mass is 32.2. The van der Waals surface area contributed by atoms with Gasteiger partial charge in [0.2, 0.25) is 0 Å². The molecule has 0 radical (unpaired) electrons. The van der Waals surface area contributed by atoms with E-state index in [9.17, 15) is 9.59 Å². The van der Waals surface area contributed by atoms with Crippen molar-refractivity contribution in [2.24, 2.45) is 5.92 Å². The van der Waals surface area contributed by atoms with E-state index in [1.807, 2.05) is 24.3 Å². The molecule has 1 aliphatic carbocycles. The highest BCUT2D eigenvalue weighted by molar-refractivity contribution is 8.18. The van der Waals surface area contributed by atoms with Gasteiger partial charge in [0.15, 0.2) is 0 Å². The summed E-state index contributed by atoms with van der Waals surface area (Å²) < 4.78 is 5.79. The summed E-state index contributed by atoms with van der Waals surface area (Å²) in [5.74, 6) is 1.21. The number of hydrogen-bond donors (Lipinski definition) is 1. The summed E-state index contributed by atoms with van der Waals surface area (Å²) in [6, 6.07) is 7.60. The smallest absolute Gasteiger partial charge is 0.290 e. The van der Waals surface area contributed by atoms with Crippen molar-refractivity contribution in [3.8, 4) is 5.75 Å². The Bertz CT molecular complexity index is 574. The molecule has 1 saturated heterocycles. The molecule has 1 aromatic carbocycles. The molecule has 3 rings (SSSR count). The lowest BCUT2D eigenvalue weighted by atomic mass is 10.1. The molecular formula is C16H17NO3S.